The maximum absolute atomic E-state index is 13.8. The molecule has 21 heavy (non-hydrogen) atoms. The fourth-order valence-corrected chi connectivity index (χ4v) is 1.81. The van der Waals surface area contributed by atoms with E-state index in [0.29, 0.717) is 31.4 Å². The summed E-state index contributed by atoms with van der Waals surface area (Å²) in [6.45, 7) is 9.64. The van der Waals surface area contributed by atoms with E-state index in [1.54, 1.807) is 6.07 Å². The van der Waals surface area contributed by atoms with Crippen LogP contribution in [0.3, 0.4) is 0 Å². The fraction of sp³-hybridized carbons (Fsp3) is 0.647. The minimum Gasteiger partial charge on any atom is -0.488 e. The second-order valence-corrected chi connectivity index (χ2v) is 5.58. The van der Waals surface area contributed by atoms with Gasteiger partial charge < -0.3 is 14.8 Å². The minimum absolute atomic E-state index is 0.293. The van der Waals surface area contributed by atoms with Crippen molar-refractivity contribution in [3.05, 3.63) is 29.6 Å². The van der Waals surface area contributed by atoms with Gasteiger partial charge in [-0.15, -0.1) is 0 Å². The SMILES string of the molecule is CCCNCc1ccc(OCCOCCC(C)C)c(F)c1. The van der Waals surface area contributed by atoms with Crippen molar-refractivity contribution in [2.45, 2.75) is 40.2 Å². The Morgan fingerprint density at radius 2 is 2.00 bits per heavy atom. The highest BCUT2D eigenvalue weighted by Crippen LogP contribution is 2.18. The third-order valence-electron chi connectivity index (χ3n) is 3.08. The lowest BCUT2D eigenvalue weighted by Gasteiger charge is -2.10. The monoisotopic (exact) mass is 297 g/mol. The third kappa shape index (κ3) is 8.02. The van der Waals surface area contributed by atoms with Crippen LogP contribution in [-0.2, 0) is 11.3 Å². The van der Waals surface area contributed by atoms with Gasteiger partial charge in [0.1, 0.15) is 6.61 Å². The van der Waals surface area contributed by atoms with E-state index in [0.717, 1.165) is 31.6 Å². The summed E-state index contributed by atoms with van der Waals surface area (Å²) < 4.78 is 24.7. The Labute approximate surface area is 127 Å². The number of nitrogens with one attached hydrogen (secondary N) is 1. The van der Waals surface area contributed by atoms with Gasteiger partial charge in [-0.3, -0.25) is 0 Å². The molecule has 4 heteroatoms. The Balaban J connectivity index is 2.25. The maximum Gasteiger partial charge on any atom is 0.165 e. The van der Waals surface area contributed by atoms with E-state index in [-0.39, 0.29) is 5.82 Å². The molecule has 0 amide bonds. The fourth-order valence-electron chi connectivity index (χ4n) is 1.81. The first-order valence-corrected chi connectivity index (χ1v) is 7.83. The van der Waals surface area contributed by atoms with Gasteiger partial charge in [-0.05, 0) is 43.0 Å². The summed E-state index contributed by atoms with van der Waals surface area (Å²) in [5, 5.41) is 3.25. The molecule has 0 aliphatic carbocycles. The summed E-state index contributed by atoms with van der Waals surface area (Å²) in [5.74, 6) is 0.618. The molecule has 0 saturated heterocycles. The van der Waals surface area contributed by atoms with Crippen LogP contribution in [-0.4, -0.2) is 26.4 Å². The van der Waals surface area contributed by atoms with E-state index in [2.05, 4.69) is 26.1 Å². The molecule has 120 valence electrons. The number of hydrogen-bond donors (Lipinski definition) is 1. The first-order chi connectivity index (χ1) is 10.1. The summed E-state index contributed by atoms with van der Waals surface area (Å²) in [6.07, 6.45) is 2.11. The Hall–Kier alpha value is -1.13. The molecule has 0 unspecified atom stereocenters. The molecule has 0 aliphatic heterocycles. The lowest BCUT2D eigenvalue weighted by atomic mass is 10.1. The van der Waals surface area contributed by atoms with Gasteiger partial charge in [0.25, 0.3) is 0 Å². The topological polar surface area (TPSA) is 30.5 Å². The van der Waals surface area contributed by atoms with Gasteiger partial charge in [-0.2, -0.15) is 0 Å². The van der Waals surface area contributed by atoms with Crippen LogP contribution >= 0.6 is 0 Å². The highest BCUT2D eigenvalue weighted by molar-refractivity contribution is 5.29. The average Bonchev–Trinajstić information content (AvgIpc) is 2.44. The second kappa shape index (κ2) is 10.6. The molecule has 0 radical (unpaired) electrons. The molecule has 1 aromatic carbocycles. The van der Waals surface area contributed by atoms with E-state index >= 15 is 0 Å². The molecule has 0 aliphatic rings. The molecule has 1 rings (SSSR count). The Morgan fingerprint density at radius 3 is 2.67 bits per heavy atom. The van der Waals surface area contributed by atoms with Gasteiger partial charge in [0, 0.05) is 13.2 Å². The van der Waals surface area contributed by atoms with Crippen LogP contribution in [0.4, 0.5) is 4.39 Å². The summed E-state index contributed by atoms with van der Waals surface area (Å²) in [4.78, 5) is 0. The largest absolute Gasteiger partial charge is 0.488 e. The summed E-state index contributed by atoms with van der Waals surface area (Å²) in [7, 11) is 0. The standard InChI is InChI=1S/C17H28FNO2/c1-4-8-19-13-15-5-6-17(16(18)12-15)21-11-10-20-9-7-14(2)3/h5-6,12,14,19H,4,7-11,13H2,1-3H3. The van der Waals surface area contributed by atoms with E-state index in [1.807, 2.05) is 6.07 Å². The van der Waals surface area contributed by atoms with Gasteiger partial charge >= 0.3 is 0 Å². The zero-order chi connectivity index (χ0) is 15.5. The molecule has 0 fully saturated rings. The quantitative estimate of drug-likeness (QED) is 0.631. The molecule has 0 spiro atoms. The minimum atomic E-state index is -0.312. The first-order valence-electron chi connectivity index (χ1n) is 7.83. The van der Waals surface area contributed by atoms with Crippen molar-refractivity contribution in [3.63, 3.8) is 0 Å². The zero-order valence-electron chi connectivity index (χ0n) is 13.5. The highest BCUT2D eigenvalue weighted by Gasteiger charge is 2.05. The van der Waals surface area contributed by atoms with Gasteiger partial charge in [-0.1, -0.05) is 26.8 Å². The summed E-state index contributed by atoms with van der Waals surface area (Å²) in [5.41, 5.74) is 0.932. The average molecular weight is 297 g/mol. The van der Waals surface area contributed by atoms with Crippen molar-refractivity contribution < 1.29 is 13.9 Å². The highest BCUT2D eigenvalue weighted by atomic mass is 19.1. The molecule has 0 saturated carbocycles. The van der Waals surface area contributed by atoms with Crippen LogP contribution in [0.25, 0.3) is 0 Å². The number of benzene rings is 1. The van der Waals surface area contributed by atoms with Crippen LogP contribution < -0.4 is 10.1 Å². The molecule has 1 N–H and O–H groups in total. The van der Waals surface area contributed by atoms with Crippen molar-refractivity contribution in [2.24, 2.45) is 5.92 Å². The second-order valence-electron chi connectivity index (χ2n) is 5.58. The molecule has 3 nitrogen and oxygen atoms in total. The molecule has 0 aromatic heterocycles. The van der Waals surface area contributed by atoms with Gasteiger partial charge in [-0.25, -0.2) is 4.39 Å². The van der Waals surface area contributed by atoms with E-state index < -0.39 is 0 Å². The van der Waals surface area contributed by atoms with Crippen molar-refractivity contribution in [3.8, 4) is 5.75 Å². The molecule has 0 atom stereocenters. The molecular formula is C17H28FNO2. The predicted octanol–water partition coefficient (Wildman–Crippen LogP) is 3.77. The zero-order valence-corrected chi connectivity index (χ0v) is 13.5. The lowest BCUT2D eigenvalue weighted by Crippen LogP contribution is -2.14. The normalized spacial score (nSPS) is 11.1. The first kappa shape index (κ1) is 17.9. The predicted molar refractivity (Wildman–Crippen MR) is 84.2 cm³/mol. The summed E-state index contributed by atoms with van der Waals surface area (Å²) in [6, 6.07) is 5.10. The van der Waals surface area contributed by atoms with Crippen LogP contribution in [0.2, 0.25) is 0 Å². The number of hydrogen-bond acceptors (Lipinski definition) is 3. The van der Waals surface area contributed by atoms with E-state index in [1.165, 1.54) is 6.07 Å². The Kier molecular flexibility index (Phi) is 9.02. The number of halogens is 1. The van der Waals surface area contributed by atoms with Gasteiger partial charge in [0.2, 0.25) is 0 Å². The third-order valence-corrected chi connectivity index (χ3v) is 3.08. The van der Waals surface area contributed by atoms with Crippen molar-refractivity contribution in [1.29, 1.82) is 0 Å². The van der Waals surface area contributed by atoms with Gasteiger partial charge in [0.05, 0.1) is 6.61 Å². The lowest BCUT2D eigenvalue weighted by molar-refractivity contribution is 0.0913. The molecular weight excluding hydrogens is 269 g/mol. The van der Waals surface area contributed by atoms with Crippen molar-refractivity contribution >= 4 is 0 Å². The van der Waals surface area contributed by atoms with Crippen LogP contribution in [0.1, 0.15) is 39.2 Å². The summed E-state index contributed by atoms with van der Waals surface area (Å²) >= 11 is 0. The molecule has 1 aromatic rings. The van der Waals surface area contributed by atoms with Crippen LogP contribution in [0.5, 0.6) is 5.75 Å². The Morgan fingerprint density at radius 1 is 1.19 bits per heavy atom. The van der Waals surface area contributed by atoms with Crippen LogP contribution in [0.15, 0.2) is 18.2 Å². The van der Waals surface area contributed by atoms with Crippen molar-refractivity contribution in [1.82, 2.24) is 5.32 Å². The van der Waals surface area contributed by atoms with Gasteiger partial charge in [0.15, 0.2) is 11.6 Å². The smallest absolute Gasteiger partial charge is 0.165 e. The molecule has 0 bridgehead atoms. The van der Waals surface area contributed by atoms with E-state index in [4.69, 9.17) is 9.47 Å². The molecule has 0 heterocycles. The van der Waals surface area contributed by atoms with E-state index in [9.17, 15) is 4.39 Å². The Bertz CT molecular complexity index is 396. The number of ether oxygens (including phenoxy) is 2. The van der Waals surface area contributed by atoms with Crippen LogP contribution in [0, 0.1) is 11.7 Å². The number of rotatable bonds is 11. The maximum atomic E-state index is 13.8. The van der Waals surface area contributed by atoms with Crippen molar-refractivity contribution in [2.75, 3.05) is 26.4 Å².